The Kier molecular flexibility index (Phi) is 3.87. The molecule has 1 saturated heterocycles. The predicted octanol–water partition coefficient (Wildman–Crippen LogP) is 3.17. The molecule has 1 aliphatic heterocycles. The third-order valence-electron chi connectivity index (χ3n) is 4.52. The molecule has 5 nitrogen and oxygen atoms in total. The SMILES string of the molecule is Cc1nc(C)n(C[C@@H]2CCCN2Cc2nc3ccccc3s2)n1. The zero-order chi connectivity index (χ0) is 15.8. The highest BCUT2D eigenvalue weighted by molar-refractivity contribution is 7.18. The lowest BCUT2D eigenvalue weighted by atomic mass is 10.2. The summed E-state index contributed by atoms with van der Waals surface area (Å²) in [4.78, 5) is 11.7. The van der Waals surface area contributed by atoms with Crippen molar-refractivity contribution in [3.05, 3.63) is 40.9 Å². The molecule has 1 aliphatic rings. The molecule has 0 bridgehead atoms. The van der Waals surface area contributed by atoms with Gasteiger partial charge in [0.1, 0.15) is 16.7 Å². The number of fused-ring (bicyclic) bond motifs is 1. The smallest absolute Gasteiger partial charge is 0.147 e. The quantitative estimate of drug-likeness (QED) is 0.738. The van der Waals surface area contributed by atoms with Crippen molar-refractivity contribution in [3.8, 4) is 0 Å². The van der Waals surface area contributed by atoms with E-state index in [2.05, 4.69) is 43.9 Å². The molecule has 0 spiro atoms. The molecular weight excluding hydrogens is 306 g/mol. The van der Waals surface area contributed by atoms with Gasteiger partial charge in [-0.2, -0.15) is 5.10 Å². The maximum Gasteiger partial charge on any atom is 0.147 e. The molecule has 0 unspecified atom stereocenters. The van der Waals surface area contributed by atoms with Gasteiger partial charge in [-0.05, 0) is 45.4 Å². The lowest BCUT2D eigenvalue weighted by molar-refractivity contribution is 0.217. The van der Waals surface area contributed by atoms with E-state index in [0.29, 0.717) is 6.04 Å². The van der Waals surface area contributed by atoms with Gasteiger partial charge in [0.15, 0.2) is 0 Å². The standard InChI is InChI=1S/C17H21N5S/c1-12-18-13(2)22(20-12)10-14-6-5-9-21(14)11-17-19-15-7-3-4-8-16(15)23-17/h3-4,7-8,14H,5-6,9-11H2,1-2H3/t14-/m0/s1. The van der Waals surface area contributed by atoms with Gasteiger partial charge < -0.3 is 0 Å². The van der Waals surface area contributed by atoms with E-state index in [4.69, 9.17) is 4.98 Å². The highest BCUT2D eigenvalue weighted by Crippen LogP contribution is 2.26. The van der Waals surface area contributed by atoms with Crippen LogP contribution in [0.1, 0.15) is 29.5 Å². The van der Waals surface area contributed by atoms with Gasteiger partial charge in [-0.15, -0.1) is 11.3 Å². The second-order valence-corrected chi connectivity index (χ2v) is 7.35. The van der Waals surface area contributed by atoms with E-state index >= 15 is 0 Å². The molecule has 120 valence electrons. The fourth-order valence-electron chi connectivity index (χ4n) is 3.41. The number of nitrogens with zero attached hydrogens (tertiary/aromatic N) is 5. The summed E-state index contributed by atoms with van der Waals surface area (Å²) in [7, 11) is 0. The lowest BCUT2D eigenvalue weighted by Gasteiger charge is -2.23. The first kappa shape index (κ1) is 14.8. The number of aromatic nitrogens is 4. The minimum absolute atomic E-state index is 0.529. The summed E-state index contributed by atoms with van der Waals surface area (Å²) in [5, 5.41) is 5.73. The first-order chi connectivity index (χ1) is 11.2. The Bertz CT molecular complexity index is 788. The van der Waals surface area contributed by atoms with E-state index < -0.39 is 0 Å². The highest BCUT2D eigenvalue weighted by Gasteiger charge is 2.26. The van der Waals surface area contributed by atoms with Crippen LogP contribution in [-0.4, -0.2) is 37.2 Å². The molecule has 0 saturated carbocycles. The van der Waals surface area contributed by atoms with Gasteiger partial charge in [-0.3, -0.25) is 4.90 Å². The van der Waals surface area contributed by atoms with Crippen LogP contribution in [0.3, 0.4) is 0 Å². The molecule has 1 fully saturated rings. The van der Waals surface area contributed by atoms with Crippen LogP contribution in [0, 0.1) is 13.8 Å². The van der Waals surface area contributed by atoms with Crippen molar-refractivity contribution in [2.24, 2.45) is 0 Å². The van der Waals surface area contributed by atoms with Gasteiger partial charge in [-0.1, -0.05) is 12.1 Å². The number of aryl methyl sites for hydroxylation is 2. The fourth-order valence-corrected chi connectivity index (χ4v) is 4.40. The van der Waals surface area contributed by atoms with Crippen LogP contribution in [0.15, 0.2) is 24.3 Å². The van der Waals surface area contributed by atoms with Crippen molar-refractivity contribution < 1.29 is 0 Å². The number of likely N-dealkylation sites (tertiary alicyclic amines) is 1. The van der Waals surface area contributed by atoms with E-state index in [1.165, 1.54) is 22.5 Å². The third-order valence-corrected chi connectivity index (χ3v) is 5.54. The van der Waals surface area contributed by atoms with Crippen molar-refractivity contribution in [1.82, 2.24) is 24.6 Å². The molecule has 0 radical (unpaired) electrons. The number of benzene rings is 1. The van der Waals surface area contributed by atoms with Crippen LogP contribution in [0.25, 0.3) is 10.2 Å². The van der Waals surface area contributed by atoms with Gasteiger partial charge in [0.05, 0.1) is 23.3 Å². The van der Waals surface area contributed by atoms with Crippen LogP contribution < -0.4 is 0 Å². The summed E-state index contributed by atoms with van der Waals surface area (Å²) >= 11 is 1.81. The summed E-state index contributed by atoms with van der Waals surface area (Å²) in [5.41, 5.74) is 1.12. The van der Waals surface area contributed by atoms with Gasteiger partial charge in [0.2, 0.25) is 0 Å². The average Bonchev–Trinajstić information content (AvgIpc) is 3.20. The second kappa shape index (κ2) is 6.02. The highest BCUT2D eigenvalue weighted by atomic mass is 32.1. The first-order valence-corrected chi connectivity index (χ1v) is 8.97. The largest absolute Gasteiger partial charge is 0.292 e. The van der Waals surface area contributed by atoms with Crippen molar-refractivity contribution in [2.45, 2.75) is 45.8 Å². The molecule has 0 amide bonds. The minimum atomic E-state index is 0.529. The van der Waals surface area contributed by atoms with Crippen LogP contribution in [-0.2, 0) is 13.1 Å². The van der Waals surface area contributed by atoms with E-state index in [0.717, 1.165) is 36.8 Å². The Morgan fingerprint density at radius 1 is 1.22 bits per heavy atom. The summed E-state index contributed by atoms with van der Waals surface area (Å²) in [5.74, 6) is 1.87. The molecular formula is C17H21N5S. The summed E-state index contributed by atoms with van der Waals surface area (Å²) in [6.45, 7) is 7.01. The van der Waals surface area contributed by atoms with E-state index in [-0.39, 0.29) is 0 Å². The molecule has 1 atom stereocenters. The Hall–Kier alpha value is -1.79. The minimum Gasteiger partial charge on any atom is -0.292 e. The molecule has 6 heteroatoms. The number of hydrogen-bond acceptors (Lipinski definition) is 5. The maximum atomic E-state index is 4.78. The number of para-hydroxylation sites is 1. The number of hydrogen-bond donors (Lipinski definition) is 0. The summed E-state index contributed by atoms with van der Waals surface area (Å²) in [6.07, 6.45) is 2.48. The molecule has 3 heterocycles. The Balaban J connectivity index is 1.50. The van der Waals surface area contributed by atoms with Gasteiger partial charge in [0.25, 0.3) is 0 Å². The van der Waals surface area contributed by atoms with Crippen molar-refractivity contribution in [3.63, 3.8) is 0 Å². The second-order valence-electron chi connectivity index (χ2n) is 6.23. The van der Waals surface area contributed by atoms with E-state index in [1.54, 1.807) is 0 Å². The van der Waals surface area contributed by atoms with Gasteiger partial charge in [0, 0.05) is 6.04 Å². The Morgan fingerprint density at radius 3 is 2.87 bits per heavy atom. The third kappa shape index (κ3) is 3.01. The fraction of sp³-hybridized carbons (Fsp3) is 0.471. The molecule has 4 rings (SSSR count). The van der Waals surface area contributed by atoms with Crippen molar-refractivity contribution in [1.29, 1.82) is 0 Å². The molecule has 0 N–H and O–H groups in total. The van der Waals surface area contributed by atoms with Crippen LogP contribution in [0.5, 0.6) is 0 Å². The Morgan fingerprint density at radius 2 is 2.09 bits per heavy atom. The molecule has 3 aromatic rings. The normalized spacial score (nSPS) is 19.0. The maximum absolute atomic E-state index is 4.78. The van der Waals surface area contributed by atoms with Crippen LogP contribution in [0.4, 0.5) is 0 Å². The zero-order valence-electron chi connectivity index (χ0n) is 13.6. The van der Waals surface area contributed by atoms with Crippen molar-refractivity contribution >= 4 is 21.6 Å². The molecule has 1 aromatic carbocycles. The van der Waals surface area contributed by atoms with Crippen LogP contribution in [0.2, 0.25) is 0 Å². The zero-order valence-corrected chi connectivity index (χ0v) is 14.4. The molecule has 2 aromatic heterocycles. The van der Waals surface area contributed by atoms with E-state index in [9.17, 15) is 0 Å². The number of rotatable bonds is 4. The monoisotopic (exact) mass is 327 g/mol. The lowest BCUT2D eigenvalue weighted by Crippen LogP contribution is -2.33. The summed E-state index contributed by atoms with van der Waals surface area (Å²) < 4.78 is 3.33. The van der Waals surface area contributed by atoms with Gasteiger partial charge >= 0.3 is 0 Å². The van der Waals surface area contributed by atoms with E-state index in [1.807, 2.05) is 25.2 Å². The Labute approximate surface area is 140 Å². The summed E-state index contributed by atoms with van der Waals surface area (Å²) in [6, 6.07) is 8.92. The molecule has 0 aliphatic carbocycles. The average molecular weight is 327 g/mol. The topological polar surface area (TPSA) is 46.8 Å². The number of thiazole rings is 1. The van der Waals surface area contributed by atoms with Crippen molar-refractivity contribution in [2.75, 3.05) is 6.54 Å². The first-order valence-electron chi connectivity index (χ1n) is 8.15. The predicted molar refractivity (Wildman–Crippen MR) is 92.5 cm³/mol. The van der Waals surface area contributed by atoms with Gasteiger partial charge in [-0.25, -0.2) is 14.6 Å². The molecule has 23 heavy (non-hydrogen) atoms. The van der Waals surface area contributed by atoms with Crippen LogP contribution >= 0.6 is 11.3 Å².